The Hall–Kier alpha value is -1.67. The van der Waals surface area contributed by atoms with Gasteiger partial charge in [-0.15, -0.1) is 0 Å². The molecule has 33 heavy (non-hydrogen) atoms. The molecule has 1 aliphatic rings. The van der Waals surface area contributed by atoms with Gasteiger partial charge >= 0.3 is 5.97 Å². The molecule has 3 aromatic carbocycles. The van der Waals surface area contributed by atoms with Gasteiger partial charge in [0.15, 0.2) is 0 Å². The van der Waals surface area contributed by atoms with Crippen molar-refractivity contribution in [1.82, 2.24) is 0 Å². The summed E-state index contributed by atoms with van der Waals surface area (Å²) >= 11 is 15.4. The van der Waals surface area contributed by atoms with Crippen LogP contribution in [-0.4, -0.2) is 25.0 Å². The van der Waals surface area contributed by atoms with Crippen molar-refractivity contribution in [2.24, 2.45) is 0 Å². The third-order valence-corrected chi connectivity index (χ3v) is 35.9. The molecule has 172 valence electrons. The lowest BCUT2D eigenvalue weighted by Gasteiger charge is -2.40. The lowest BCUT2D eigenvalue weighted by atomic mass is 10.2. The summed E-state index contributed by atoms with van der Waals surface area (Å²) in [5.74, 6) is 0.416. The number of methoxy groups -OCH3 is 1. The van der Waals surface area contributed by atoms with Crippen molar-refractivity contribution >= 4 is 76.8 Å². The van der Waals surface area contributed by atoms with E-state index < -0.39 is 14.9 Å². The van der Waals surface area contributed by atoms with Gasteiger partial charge in [0.2, 0.25) is 6.79 Å². The number of hydrogen-bond donors (Lipinski definition) is 2. The molecule has 0 spiro atoms. The van der Waals surface area contributed by atoms with Crippen LogP contribution >= 0.6 is 30.9 Å². The van der Waals surface area contributed by atoms with E-state index in [1.54, 1.807) is 41.2 Å². The zero-order valence-electron chi connectivity index (χ0n) is 17.2. The van der Waals surface area contributed by atoms with Gasteiger partial charge in [-0.1, -0.05) is 45.6 Å². The van der Waals surface area contributed by atoms with Gasteiger partial charge in [0.05, 0.1) is 16.0 Å². The number of phenols is 1. The first-order valence-electron chi connectivity index (χ1n) is 9.49. The largest absolute Gasteiger partial charge is 0.507 e. The average Bonchev–Trinajstić information content (AvgIpc) is 2.80. The number of benzene rings is 3. The summed E-state index contributed by atoms with van der Waals surface area (Å²) in [6.07, 6.45) is 0. The molecule has 0 unspecified atom stereocenters. The minimum atomic E-state index is -1.86. The SMILES string of the molecule is COc1ccc(P2(=S)SP(=S)(c3ccc(OCOC(=O)c4cc(N)ccc4O)cc3)S2)cc1. The lowest BCUT2D eigenvalue weighted by molar-refractivity contribution is 0.0151. The van der Waals surface area contributed by atoms with Crippen molar-refractivity contribution in [3.63, 3.8) is 0 Å². The molecule has 1 heterocycles. The Kier molecular flexibility index (Phi) is 7.34. The maximum Gasteiger partial charge on any atom is 0.344 e. The Morgan fingerprint density at radius 1 is 0.939 bits per heavy atom. The highest BCUT2D eigenvalue weighted by Gasteiger charge is 2.45. The van der Waals surface area contributed by atoms with Crippen molar-refractivity contribution in [3.8, 4) is 17.2 Å². The van der Waals surface area contributed by atoms with Gasteiger partial charge < -0.3 is 25.1 Å². The first kappa shape index (κ1) is 24.5. The Morgan fingerprint density at radius 3 is 2.03 bits per heavy atom. The zero-order chi connectivity index (χ0) is 23.6. The number of nitrogens with two attached hydrogens (primary N) is 1. The topological polar surface area (TPSA) is 91.0 Å². The van der Waals surface area contributed by atoms with Crippen LogP contribution in [-0.2, 0) is 28.4 Å². The van der Waals surface area contributed by atoms with E-state index in [2.05, 4.69) is 0 Å². The van der Waals surface area contributed by atoms with Crippen LogP contribution in [0.5, 0.6) is 17.2 Å². The molecular weight excluding hydrogens is 536 g/mol. The predicted octanol–water partition coefficient (Wildman–Crippen LogP) is 5.23. The third kappa shape index (κ3) is 5.37. The van der Waals surface area contributed by atoms with Gasteiger partial charge in [0.25, 0.3) is 0 Å². The molecule has 1 aliphatic heterocycles. The number of anilines is 1. The quantitative estimate of drug-likeness (QED) is 0.133. The molecule has 0 radical (unpaired) electrons. The van der Waals surface area contributed by atoms with Crippen LogP contribution in [0.25, 0.3) is 0 Å². The summed E-state index contributed by atoms with van der Waals surface area (Å²) in [7, 11) is 1.64. The van der Waals surface area contributed by atoms with E-state index in [0.717, 1.165) is 16.4 Å². The lowest BCUT2D eigenvalue weighted by Crippen LogP contribution is -2.12. The molecule has 4 rings (SSSR count). The van der Waals surface area contributed by atoms with Crippen molar-refractivity contribution < 1.29 is 24.1 Å². The van der Waals surface area contributed by atoms with Gasteiger partial charge in [-0.2, -0.15) is 0 Å². The summed E-state index contributed by atoms with van der Waals surface area (Å²) in [5.41, 5.74) is 5.98. The van der Waals surface area contributed by atoms with Gasteiger partial charge in [-0.05, 0) is 66.7 Å². The molecule has 3 N–H and O–H groups in total. The second-order valence-corrected chi connectivity index (χ2v) is 28.1. The van der Waals surface area contributed by atoms with Crippen LogP contribution < -0.4 is 25.8 Å². The maximum atomic E-state index is 12.1. The second kappa shape index (κ2) is 9.90. The first-order valence-corrected chi connectivity index (χ1v) is 19.1. The highest BCUT2D eigenvalue weighted by molar-refractivity contribution is 9.48. The number of ether oxygens (including phenoxy) is 3. The Labute approximate surface area is 209 Å². The Balaban J connectivity index is 1.34. The van der Waals surface area contributed by atoms with Gasteiger partial charge in [-0.25, -0.2) is 4.79 Å². The molecule has 0 aliphatic carbocycles. The molecule has 0 amide bonds. The molecule has 3 aromatic rings. The Morgan fingerprint density at radius 2 is 1.48 bits per heavy atom. The van der Waals surface area contributed by atoms with Gasteiger partial charge in [0.1, 0.15) is 22.8 Å². The van der Waals surface area contributed by atoms with Crippen molar-refractivity contribution in [1.29, 1.82) is 0 Å². The van der Waals surface area contributed by atoms with Crippen molar-refractivity contribution in [2.75, 3.05) is 19.6 Å². The van der Waals surface area contributed by atoms with Crippen LogP contribution in [0.4, 0.5) is 5.69 Å². The number of carbonyl (C=O) groups is 1. The van der Waals surface area contributed by atoms with Crippen molar-refractivity contribution in [3.05, 3.63) is 72.3 Å². The number of nitrogen functional groups attached to an aromatic ring is 1. The van der Waals surface area contributed by atoms with E-state index in [4.69, 9.17) is 43.6 Å². The fourth-order valence-corrected chi connectivity index (χ4v) is 45.2. The fourth-order valence-electron chi connectivity index (χ4n) is 2.91. The number of phenolic OH excluding ortho intramolecular Hbond substituents is 1. The number of esters is 1. The molecule has 0 saturated carbocycles. The number of rotatable bonds is 7. The molecular formula is C21H19NO5P2S4. The minimum absolute atomic E-state index is 0.0154. The average molecular weight is 556 g/mol. The number of hydrogen-bond acceptors (Lipinski definition) is 10. The number of carbonyl (C=O) groups excluding carboxylic acids is 1. The monoisotopic (exact) mass is 555 g/mol. The molecule has 1 fully saturated rings. The maximum absolute atomic E-state index is 12.1. The third-order valence-electron chi connectivity index (χ3n) is 4.63. The van der Waals surface area contributed by atoms with E-state index in [1.165, 1.54) is 18.2 Å². The van der Waals surface area contributed by atoms with Gasteiger partial charge in [0, 0.05) is 16.3 Å². The summed E-state index contributed by atoms with van der Waals surface area (Å²) in [4.78, 5) is 12.1. The highest BCUT2D eigenvalue weighted by Crippen LogP contribution is 3.04. The summed E-state index contributed by atoms with van der Waals surface area (Å²) in [5, 5.41) is 12.0. The molecule has 0 bridgehead atoms. The second-order valence-electron chi connectivity index (χ2n) is 6.82. The van der Waals surface area contributed by atoms with Crippen LogP contribution in [0, 0.1) is 0 Å². The molecule has 0 aromatic heterocycles. The normalized spacial score (nSPS) is 21.6. The standard InChI is InChI=1S/C21H19NO5P2S4/c1-25-15-3-7-17(8-4-15)28(30)32-29(31,33-28)18-9-5-16(6-10-18)26-13-27-21(24)19-12-14(22)2-11-20(19)23/h2-12,23H,13,22H2,1H3. The number of aromatic hydroxyl groups is 1. The molecule has 12 heteroatoms. The van der Waals surface area contributed by atoms with Crippen LogP contribution in [0.1, 0.15) is 10.4 Å². The molecule has 1 saturated heterocycles. The van der Waals surface area contributed by atoms with E-state index in [-0.39, 0.29) is 18.1 Å². The zero-order valence-corrected chi connectivity index (χ0v) is 22.3. The van der Waals surface area contributed by atoms with Gasteiger partial charge in [-0.3, -0.25) is 0 Å². The summed E-state index contributed by atoms with van der Waals surface area (Å²) < 4.78 is 12.1. The highest BCUT2D eigenvalue weighted by atomic mass is 33.7. The fraction of sp³-hybridized carbons (Fsp3) is 0.0952. The van der Waals surface area contributed by atoms with Crippen LogP contribution in [0.3, 0.4) is 0 Å². The Bertz CT molecular complexity index is 1270. The predicted molar refractivity (Wildman–Crippen MR) is 146 cm³/mol. The van der Waals surface area contributed by atoms with E-state index in [0.29, 0.717) is 11.4 Å². The minimum Gasteiger partial charge on any atom is -0.507 e. The summed E-state index contributed by atoms with van der Waals surface area (Å²) in [6.45, 7) is -0.303. The summed E-state index contributed by atoms with van der Waals surface area (Å²) in [6, 6.07) is 19.6. The van der Waals surface area contributed by atoms with E-state index in [9.17, 15) is 9.90 Å². The van der Waals surface area contributed by atoms with E-state index >= 15 is 0 Å². The van der Waals surface area contributed by atoms with Crippen LogP contribution in [0.2, 0.25) is 0 Å². The first-order chi connectivity index (χ1) is 15.7. The van der Waals surface area contributed by atoms with Crippen molar-refractivity contribution in [2.45, 2.75) is 0 Å². The molecule has 0 atom stereocenters. The smallest absolute Gasteiger partial charge is 0.344 e. The molecule has 6 nitrogen and oxygen atoms in total. The van der Waals surface area contributed by atoms with E-state index in [1.807, 2.05) is 36.4 Å². The van der Waals surface area contributed by atoms with Crippen LogP contribution in [0.15, 0.2) is 66.7 Å².